The highest BCUT2D eigenvalue weighted by molar-refractivity contribution is 7.23. The highest BCUT2D eigenvalue weighted by atomic mass is 35.7. The summed E-state index contributed by atoms with van der Waals surface area (Å²) in [7, 11) is -4.94. The summed E-state index contributed by atoms with van der Waals surface area (Å²) in [5.41, 5.74) is 2.58. The number of hydrogen-bond acceptors (Lipinski definition) is 5. The number of fused-ring (bicyclic) bond motifs is 5. The van der Waals surface area contributed by atoms with Gasteiger partial charge in [0.1, 0.15) is 4.70 Å². The zero-order valence-electron chi connectivity index (χ0n) is 11.1. The van der Waals surface area contributed by atoms with Gasteiger partial charge in [-0.3, -0.25) is 0 Å². The second-order valence-corrected chi connectivity index (χ2v) is 6.33. The molecule has 0 atom stereocenters. The van der Waals surface area contributed by atoms with Crippen molar-refractivity contribution in [2.75, 3.05) is 0 Å². The molecular weight excluding hydrogens is 326 g/mol. The van der Waals surface area contributed by atoms with Gasteiger partial charge in [-0.15, -0.1) is 14.6 Å². The van der Waals surface area contributed by atoms with Gasteiger partial charge in [0, 0.05) is 23.6 Å². The lowest BCUT2D eigenvalue weighted by Gasteiger charge is -2.17. The molecule has 0 radical (unpaired) electrons. The molecule has 0 N–H and O–H groups in total. The number of nitrogens with zero attached hydrogens (tertiary/aromatic N) is 1. The van der Waals surface area contributed by atoms with Crippen molar-refractivity contribution in [3.63, 3.8) is 0 Å². The number of para-hydroxylation sites is 2. The van der Waals surface area contributed by atoms with E-state index >= 15 is 0 Å². The molecule has 0 aliphatic heterocycles. The van der Waals surface area contributed by atoms with Crippen LogP contribution < -0.4 is 23.0 Å². The summed E-state index contributed by atoms with van der Waals surface area (Å²) in [6.07, 6.45) is 0. The SMILES string of the molecule is [O-][Cl+3]([O-])([O-])[O-].c1ccc2c(c1)ccc1sc3ccccc3[n+]12. The van der Waals surface area contributed by atoms with Crippen LogP contribution >= 0.6 is 11.3 Å². The average Bonchev–Trinajstić information content (AvgIpc) is 2.84. The van der Waals surface area contributed by atoms with Crippen molar-refractivity contribution in [2.45, 2.75) is 0 Å². The number of thiazole rings is 1. The molecule has 0 saturated heterocycles. The lowest BCUT2D eigenvalue weighted by molar-refractivity contribution is -2.00. The molecule has 0 unspecified atom stereocenters. The first-order chi connectivity index (χ1) is 10.4. The number of hydrogen-bond donors (Lipinski definition) is 0. The normalized spacial score (nSPS) is 11.6. The van der Waals surface area contributed by atoms with Crippen molar-refractivity contribution in [3.8, 4) is 0 Å². The maximum absolute atomic E-state index is 8.49. The van der Waals surface area contributed by atoms with Crippen molar-refractivity contribution in [1.82, 2.24) is 0 Å². The minimum Gasteiger partial charge on any atom is -0.222 e. The second kappa shape index (κ2) is 5.77. The van der Waals surface area contributed by atoms with Crippen LogP contribution in [0.1, 0.15) is 0 Å². The lowest BCUT2D eigenvalue weighted by atomic mass is 10.2. The average molecular weight is 336 g/mol. The Labute approximate surface area is 131 Å². The minimum atomic E-state index is -4.94. The van der Waals surface area contributed by atoms with Crippen LogP contribution in [-0.4, -0.2) is 0 Å². The molecule has 4 aromatic rings. The van der Waals surface area contributed by atoms with E-state index in [2.05, 4.69) is 65.1 Å². The quantitative estimate of drug-likeness (QED) is 0.386. The predicted molar refractivity (Wildman–Crippen MR) is 72.5 cm³/mol. The third kappa shape index (κ3) is 3.17. The largest absolute Gasteiger partial charge is 0.268 e. The van der Waals surface area contributed by atoms with E-state index in [1.54, 1.807) is 0 Å². The molecule has 5 nitrogen and oxygen atoms in total. The number of benzene rings is 2. The van der Waals surface area contributed by atoms with Gasteiger partial charge in [-0.25, -0.2) is 18.6 Å². The van der Waals surface area contributed by atoms with E-state index in [1.165, 1.54) is 25.9 Å². The Bertz CT molecular complexity index is 936. The summed E-state index contributed by atoms with van der Waals surface area (Å²) in [4.78, 5) is 1.30. The van der Waals surface area contributed by atoms with Crippen LogP contribution in [0.25, 0.3) is 25.9 Å². The van der Waals surface area contributed by atoms with Gasteiger partial charge in [0.15, 0.2) is 0 Å². The Hall–Kier alpha value is -1.80. The van der Waals surface area contributed by atoms with Gasteiger partial charge in [0.05, 0.1) is 0 Å². The summed E-state index contributed by atoms with van der Waals surface area (Å²) in [5, 5.41) is 1.29. The predicted octanol–water partition coefficient (Wildman–Crippen LogP) is -0.963. The van der Waals surface area contributed by atoms with Crippen LogP contribution in [0.4, 0.5) is 0 Å². The smallest absolute Gasteiger partial charge is 0.222 e. The highest BCUT2D eigenvalue weighted by Gasteiger charge is 2.15. The van der Waals surface area contributed by atoms with Crippen LogP contribution in [0.5, 0.6) is 0 Å². The fourth-order valence-electron chi connectivity index (χ4n) is 2.36. The first-order valence-electron chi connectivity index (χ1n) is 6.26. The second-order valence-electron chi connectivity index (χ2n) is 4.51. The van der Waals surface area contributed by atoms with E-state index in [9.17, 15) is 0 Å². The molecule has 112 valence electrons. The molecule has 0 bridgehead atoms. The van der Waals surface area contributed by atoms with Crippen molar-refractivity contribution in [1.29, 1.82) is 0 Å². The van der Waals surface area contributed by atoms with E-state index in [0.717, 1.165) is 0 Å². The molecule has 0 fully saturated rings. The third-order valence-electron chi connectivity index (χ3n) is 3.12. The molecule has 7 heteroatoms. The van der Waals surface area contributed by atoms with Crippen LogP contribution in [0, 0.1) is 10.2 Å². The molecule has 22 heavy (non-hydrogen) atoms. The molecule has 0 saturated carbocycles. The minimum absolute atomic E-state index is 1.28. The lowest BCUT2D eigenvalue weighted by Crippen LogP contribution is -2.68. The van der Waals surface area contributed by atoms with E-state index in [1.807, 2.05) is 11.3 Å². The number of aromatic nitrogens is 1. The highest BCUT2D eigenvalue weighted by Crippen LogP contribution is 2.23. The van der Waals surface area contributed by atoms with Gasteiger partial charge in [0.25, 0.3) is 4.83 Å². The molecule has 4 rings (SSSR count). The van der Waals surface area contributed by atoms with Crippen LogP contribution in [0.3, 0.4) is 0 Å². The Balaban J connectivity index is 0.000000254. The van der Waals surface area contributed by atoms with Crippen LogP contribution in [0.15, 0.2) is 60.7 Å². The Morgan fingerprint density at radius 2 is 1.32 bits per heavy atom. The van der Waals surface area contributed by atoms with E-state index in [0.29, 0.717) is 0 Å². The molecule has 0 aliphatic carbocycles. The fourth-order valence-corrected chi connectivity index (χ4v) is 3.42. The Kier molecular flexibility index (Phi) is 3.96. The Morgan fingerprint density at radius 3 is 2.05 bits per heavy atom. The maximum atomic E-state index is 8.49. The molecule has 0 amide bonds. The van der Waals surface area contributed by atoms with Crippen molar-refractivity contribution in [2.24, 2.45) is 0 Å². The summed E-state index contributed by atoms with van der Waals surface area (Å²) in [6.45, 7) is 0. The first kappa shape index (κ1) is 15.1. The fraction of sp³-hybridized carbons (Fsp3) is 0. The van der Waals surface area contributed by atoms with E-state index in [4.69, 9.17) is 18.6 Å². The van der Waals surface area contributed by atoms with Crippen molar-refractivity contribution < 1.29 is 33.3 Å². The van der Waals surface area contributed by atoms with Crippen LogP contribution in [-0.2, 0) is 0 Å². The van der Waals surface area contributed by atoms with Gasteiger partial charge in [-0.1, -0.05) is 35.6 Å². The number of rotatable bonds is 0. The topological polar surface area (TPSA) is 96.3 Å². The van der Waals surface area contributed by atoms with Gasteiger partial charge < -0.3 is 0 Å². The number of halogens is 1. The van der Waals surface area contributed by atoms with E-state index in [-0.39, 0.29) is 0 Å². The molecule has 0 spiro atoms. The zero-order valence-corrected chi connectivity index (χ0v) is 12.7. The maximum Gasteiger partial charge on any atom is 0.268 e. The first-order valence-corrected chi connectivity index (χ1v) is 8.31. The summed E-state index contributed by atoms with van der Waals surface area (Å²) < 4.78 is 37.7. The molecule has 0 aliphatic rings. The molecule has 2 aromatic carbocycles. The standard InChI is InChI=1S/C15H10NS.ClHO4/c1-2-6-12-11(5-1)9-10-15-16(12)13-7-3-4-8-14(13)17-15;2-1(3,4)5/h1-10H;(H,2,3,4,5)/q+1;/p-1. The zero-order chi connectivity index (χ0) is 15.7. The summed E-state index contributed by atoms with van der Waals surface area (Å²) in [6, 6.07) is 21.5. The van der Waals surface area contributed by atoms with Gasteiger partial charge >= 0.3 is 0 Å². The van der Waals surface area contributed by atoms with Crippen molar-refractivity contribution in [3.05, 3.63) is 60.7 Å². The number of pyridine rings is 1. The van der Waals surface area contributed by atoms with E-state index < -0.39 is 10.2 Å². The Morgan fingerprint density at radius 1 is 0.727 bits per heavy atom. The molecule has 2 heterocycles. The monoisotopic (exact) mass is 335 g/mol. The van der Waals surface area contributed by atoms with Gasteiger partial charge in [0.2, 0.25) is 11.0 Å². The summed E-state index contributed by atoms with van der Waals surface area (Å²) in [5.74, 6) is 0. The van der Waals surface area contributed by atoms with Gasteiger partial charge in [-0.05, 0) is 18.2 Å². The third-order valence-corrected chi connectivity index (χ3v) is 4.22. The molecular formula is C15H10ClNO4S. The van der Waals surface area contributed by atoms with Crippen molar-refractivity contribution >= 4 is 37.3 Å². The summed E-state index contributed by atoms with van der Waals surface area (Å²) >= 11 is 1.84. The van der Waals surface area contributed by atoms with Crippen LogP contribution in [0.2, 0.25) is 0 Å². The molecule has 2 aromatic heterocycles. The van der Waals surface area contributed by atoms with Gasteiger partial charge in [-0.2, -0.15) is 0 Å².